The number of rotatable bonds is 3. The molecule has 2 N–H and O–H groups in total. The lowest BCUT2D eigenvalue weighted by Gasteiger charge is -2.36. The second kappa shape index (κ2) is 7.15. The van der Waals surface area contributed by atoms with E-state index in [1.165, 1.54) is 49.1 Å². The molecule has 34 heavy (non-hydrogen) atoms. The summed E-state index contributed by atoms with van der Waals surface area (Å²) < 4.78 is 12.1. The molecule has 3 heterocycles. The van der Waals surface area contributed by atoms with E-state index in [0.717, 1.165) is 0 Å². The van der Waals surface area contributed by atoms with Crippen LogP contribution in [0.4, 0.5) is 11.6 Å². The standard InChI is InChI=1S/C24H16N4O6/c1-32-28(23-26-11-25-12-27-23)18-4-2-3-17-21(18)22(31)34-24(17)15-7-5-13(29)9-19(15)33-20-10-14(30)6-8-16(20)24/h2-12,29-30H,1H3. The first kappa shape index (κ1) is 19.9. The van der Waals surface area contributed by atoms with Crippen molar-refractivity contribution in [1.82, 2.24) is 15.0 Å². The number of aromatic nitrogens is 3. The van der Waals surface area contributed by atoms with Crippen molar-refractivity contribution in [3.05, 3.63) is 89.5 Å². The van der Waals surface area contributed by atoms with E-state index in [9.17, 15) is 15.0 Å². The van der Waals surface area contributed by atoms with Gasteiger partial charge in [0, 0.05) is 28.8 Å². The molecule has 1 aromatic heterocycles. The molecule has 4 aromatic rings. The fourth-order valence-corrected chi connectivity index (χ4v) is 4.52. The topological polar surface area (TPSA) is 127 Å². The highest BCUT2D eigenvalue weighted by atomic mass is 16.7. The average Bonchev–Trinajstić information content (AvgIpc) is 3.13. The Morgan fingerprint density at radius 1 is 0.912 bits per heavy atom. The van der Waals surface area contributed by atoms with Crippen LogP contribution >= 0.6 is 0 Å². The molecule has 0 bridgehead atoms. The number of hydrogen-bond acceptors (Lipinski definition) is 10. The van der Waals surface area contributed by atoms with Gasteiger partial charge in [-0.05, 0) is 30.3 Å². The first-order chi connectivity index (χ1) is 16.5. The smallest absolute Gasteiger partial charge is 0.342 e. The number of carbonyl (C=O) groups is 1. The predicted octanol–water partition coefficient (Wildman–Crippen LogP) is 3.55. The Balaban J connectivity index is 1.65. The first-order valence-electron chi connectivity index (χ1n) is 10.2. The van der Waals surface area contributed by atoms with E-state index in [1.807, 2.05) is 0 Å². The van der Waals surface area contributed by atoms with E-state index >= 15 is 0 Å². The van der Waals surface area contributed by atoms with Gasteiger partial charge in [-0.25, -0.2) is 9.78 Å². The van der Waals surface area contributed by atoms with Gasteiger partial charge in [0.15, 0.2) is 5.60 Å². The second-order valence-corrected chi connectivity index (χ2v) is 7.65. The largest absolute Gasteiger partial charge is 0.508 e. The number of benzene rings is 3. The van der Waals surface area contributed by atoms with E-state index in [2.05, 4.69) is 15.0 Å². The minimum absolute atomic E-state index is 0.0174. The number of phenols is 2. The van der Waals surface area contributed by atoms with Crippen molar-refractivity contribution >= 4 is 17.6 Å². The number of esters is 1. The summed E-state index contributed by atoms with van der Waals surface area (Å²) in [7, 11) is 1.43. The summed E-state index contributed by atoms with van der Waals surface area (Å²) in [6.45, 7) is 0. The number of fused-ring (bicyclic) bond motifs is 6. The van der Waals surface area contributed by atoms with Gasteiger partial charge < -0.3 is 19.7 Å². The number of anilines is 2. The maximum absolute atomic E-state index is 13.5. The van der Waals surface area contributed by atoms with Crippen molar-refractivity contribution in [2.45, 2.75) is 5.60 Å². The van der Waals surface area contributed by atoms with Crippen molar-refractivity contribution in [2.24, 2.45) is 0 Å². The van der Waals surface area contributed by atoms with Crippen LogP contribution in [-0.2, 0) is 15.2 Å². The molecule has 0 fully saturated rings. The molecule has 0 aliphatic carbocycles. The van der Waals surface area contributed by atoms with Gasteiger partial charge in [-0.3, -0.25) is 4.84 Å². The van der Waals surface area contributed by atoms with Gasteiger partial charge in [0.05, 0.1) is 18.4 Å². The molecule has 0 atom stereocenters. The van der Waals surface area contributed by atoms with Gasteiger partial charge >= 0.3 is 5.97 Å². The van der Waals surface area contributed by atoms with Gasteiger partial charge in [-0.15, -0.1) is 0 Å². The Kier molecular flexibility index (Phi) is 4.20. The van der Waals surface area contributed by atoms with Crippen molar-refractivity contribution < 1.29 is 29.3 Å². The second-order valence-electron chi connectivity index (χ2n) is 7.65. The molecule has 1 spiro atoms. The average molecular weight is 456 g/mol. The molecule has 0 saturated heterocycles. The quantitative estimate of drug-likeness (QED) is 0.349. The van der Waals surface area contributed by atoms with Crippen molar-refractivity contribution in [2.75, 3.05) is 12.2 Å². The van der Waals surface area contributed by atoms with Crippen LogP contribution in [0.5, 0.6) is 23.0 Å². The van der Waals surface area contributed by atoms with Crippen LogP contribution in [0.25, 0.3) is 0 Å². The van der Waals surface area contributed by atoms with E-state index in [4.69, 9.17) is 14.3 Å². The van der Waals surface area contributed by atoms with Crippen molar-refractivity contribution in [1.29, 1.82) is 0 Å². The summed E-state index contributed by atoms with van der Waals surface area (Å²) >= 11 is 0. The third-order valence-corrected chi connectivity index (χ3v) is 5.84. The normalized spacial score (nSPS) is 14.6. The number of phenolic OH excluding ortho intramolecular Hbond substituents is 2. The van der Waals surface area contributed by atoms with Crippen LogP contribution < -0.4 is 9.80 Å². The third-order valence-electron chi connectivity index (χ3n) is 5.84. The lowest BCUT2D eigenvalue weighted by Crippen LogP contribution is -2.32. The molecular formula is C24H16N4O6. The van der Waals surface area contributed by atoms with Gasteiger partial charge in [-0.1, -0.05) is 12.1 Å². The molecule has 10 heteroatoms. The predicted molar refractivity (Wildman–Crippen MR) is 117 cm³/mol. The summed E-state index contributed by atoms with van der Waals surface area (Å²) in [6.07, 6.45) is 2.64. The van der Waals surface area contributed by atoms with Crippen molar-refractivity contribution in [3.8, 4) is 23.0 Å². The Labute approximate surface area is 192 Å². The molecule has 168 valence electrons. The van der Waals surface area contributed by atoms with Crippen LogP contribution in [-0.4, -0.2) is 38.2 Å². The molecular weight excluding hydrogens is 440 g/mol. The van der Waals surface area contributed by atoms with Crippen LogP contribution in [0.15, 0.2) is 67.3 Å². The summed E-state index contributed by atoms with van der Waals surface area (Å²) in [6, 6.07) is 14.4. The molecule has 2 aliphatic rings. The van der Waals surface area contributed by atoms with Gasteiger partial charge in [0.1, 0.15) is 35.7 Å². The van der Waals surface area contributed by atoms with E-state index in [-0.39, 0.29) is 23.0 Å². The number of hydrogen-bond donors (Lipinski definition) is 2. The Morgan fingerprint density at radius 2 is 1.56 bits per heavy atom. The summed E-state index contributed by atoms with van der Waals surface area (Å²) in [5, 5.41) is 21.4. The molecule has 10 nitrogen and oxygen atoms in total. The molecule has 2 aliphatic heterocycles. The fraction of sp³-hybridized carbons (Fsp3) is 0.0833. The number of ether oxygens (including phenoxy) is 2. The first-order valence-corrected chi connectivity index (χ1v) is 10.2. The maximum atomic E-state index is 13.5. The molecule has 0 amide bonds. The van der Waals surface area contributed by atoms with Gasteiger partial charge in [-0.2, -0.15) is 15.0 Å². The molecule has 3 aromatic carbocycles. The number of carbonyl (C=O) groups excluding carboxylic acids is 1. The van der Waals surface area contributed by atoms with Crippen LogP contribution in [0.3, 0.4) is 0 Å². The lowest BCUT2D eigenvalue weighted by molar-refractivity contribution is 0.0224. The van der Waals surface area contributed by atoms with Gasteiger partial charge in [0.25, 0.3) is 5.95 Å². The van der Waals surface area contributed by atoms with Crippen molar-refractivity contribution in [3.63, 3.8) is 0 Å². The Morgan fingerprint density at radius 3 is 2.18 bits per heavy atom. The zero-order chi connectivity index (χ0) is 23.4. The van der Waals surface area contributed by atoms with Crippen LogP contribution in [0.2, 0.25) is 0 Å². The number of nitrogens with zero attached hydrogens (tertiary/aromatic N) is 4. The molecule has 0 unspecified atom stereocenters. The zero-order valence-corrected chi connectivity index (χ0v) is 17.7. The third kappa shape index (κ3) is 2.66. The summed E-state index contributed by atoms with van der Waals surface area (Å²) in [5.41, 5.74) is 0.831. The monoisotopic (exact) mass is 456 g/mol. The maximum Gasteiger partial charge on any atom is 0.342 e. The molecule has 0 saturated carbocycles. The highest BCUT2D eigenvalue weighted by Gasteiger charge is 2.54. The molecule has 0 radical (unpaired) electrons. The summed E-state index contributed by atoms with van der Waals surface area (Å²) in [5.74, 6) is 0.145. The SMILES string of the molecule is CON(c1ncncn1)c1cccc2c1C(=O)OC21c2ccc(O)cc2Oc2cc(O)ccc21. The highest BCUT2D eigenvalue weighted by molar-refractivity contribution is 6.02. The molecule has 6 rings (SSSR count). The van der Waals surface area contributed by atoms with E-state index in [1.54, 1.807) is 30.3 Å². The minimum atomic E-state index is -1.38. The Hall–Kier alpha value is -4.70. The van der Waals surface area contributed by atoms with Crippen LogP contribution in [0, 0.1) is 0 Å². The van der Waals surface area contributed by atoms with E-state index in [0.29, 0.717) is 33.9 Å². The fourth-order valence-electron chi connectivity index (χ4n) is 4.52. The van der Waals surface area contributed by atoms with E-state index < -0.39 is 11.6 Å². The van der Waals surface area contributed by atoms with Gasteiger partial charge in [0.2, 0.25) is 0 Å². The highest BCUT2D eigenvalue weighted by Crippen LogP contribution is 2.58. The number of aromatic hydroxyl groups is 2. The summed E-state index contributed by atoms with van der Waals surface area (Å²) in [4.78, 5) is 31.1. The Bertz CT molecular complexity index is 1410. The zero-order valence-electron chi connectivity index (χ0n) is 17.7. The minimum Gasteiger partial charge on any atom is -0.508 e. The lowest BCUT2D eigenvalue weighted by atomic mass is 9.77. The van der Waals surface area contributed by atoms with Crippen LogP contribution in [0.1, 0.15) is 27.0 Å².